The van der Waals surface area contributed by atoms with E-state index in [9.17, 15) is 0 Å². The first-order chi connectivity index (χ1) is 9.22. The average Bonchev–Trinajstić information content (AvgIpc) is 2.40. The van der Waals surface area contributed by atoms with Crippen LogP contribution in [0.2, 0.25) is 0 Å². The molecule has 1 aliphatic heterocycles. The molecule has 0 spiro atoms. The van der Waals surface area contributed by atoms with Gasteiger partial charge < -0.3 is 19.5 Å². The summed E-state index contributed by atoms with van der Waals surface area (Å²) in [6, 6.07) is 4.07. The Kier molecular flexibility index (Phi) is 4.91. The minimum absolute atomic E-state index is 0.578. The second kappa shape index (κ2) is 6.66. The number of nitrogens with one attached hydrogen (secondary N) is 1. The Balaban J connectivity index is 2.26. The average molecular weight is 265 g/mol. The quantitative estimate of drug-likeness (QED) is 0.801. The van der Waals surface area contributed by atoms with E-state index in [0.29, 0.717) is 25.7 Å². The van der Waals surface area contributed by atoms with E-state index in [4.69, 9.17) is 14.2 Å². The van der Waals surface area contributed by atoms with E-state index >= 15 is 0 Å². The predicted octanol–water partition coefficient (Wildman–Crippen LogP) is 2.25. The number of hydrogen-bond donors (Lipinski definition) is 1. The Morgan fingerprint density at radius 2 is 2.05 bits per heavy atom. The van der Waals surface area contributed by atoms with Crippen LogP contribution in [-0.2, 0) is 6.42 Å². The third-order valence-electron chi connectivity index (χ3n) is 2.97. The third kappa shape index (κ3) is 3.53. The summed E-state index contributed by atoms with van der Waals surface area (Å²) in [6.45, 7) is 7.03. The van der Waals surface area contributed by atoms with Gasteiger partial charge in [0.2, 0.25) is 5.75 Å². The number of rotatable bonds is 6. The van der Waals surface area contributed by atoms with Crippen LogP contribution in [0.4, 0.5) is 0 Å². The van der Waals surface area contributed by atoms with E-state index in [0.717, 1.165) is 30.2 Å². The van der Waals surface area contributed by atoms with Crippen molar-refractivity contribution < 1.29 is 14.2 Å². The highest BCUT2D eigenvalue weighted by atomic mass is 16.6. The fourth-order valence-corrected chi connectivity index (χ4v) is 2.15. The molecule has 19 heavy (non-hydrogen) atoms. The fraction of sp³-hybridized carbons (Fsp3) is 0.600. The van der Waals surface area contributed by atoms with Gasteiger partial charge in [0, 0.05) is 6.54 Å². The molecule has 1 aromatic carbocycles. The van der Waals surface area contributed by atoms with Gasteiger partial charge in [-0.3, -0.25) is 0 Å². The van der Waals surface area contributed by atoms with Crippen LogP contribution in [0.1, 0.15) is 19.4 Å². The summed E-state index contributed by atoms with van der Waals surface area (Å²) in [7, 11) is 1.92. The SMILES string of the molecule is CNCCOc1c(CC(C)C)ccc2c1OCCO2. The van der Waals surface area contributed by atoms with Crippen LogP contribution in [0.5, 0.6) is 17.2 Å². The van der Waals surface area contributed by atoms with Crippen LogP contribution in [0, 0.1) is 5.92 Å². The van der Waals surface area contributed by atoms with Gasteiger partial charge in [-0.1, -0.05) is 19.9 Å². The Hall–Kier alpha value is -1.42. The summed E-state index contributed by atoms with van der Waals surface area (Å²) in [5.74, 6) is 2.98. The molecule has 0 atom stereocenters. The normalized spacial score (nSPS) is 13.7. The maximum absolute atomic E-state index is 5.91. The van der Waals surface area contributed by atoms with E-state index in [1.54, 1.807) is 0 Å². The molecule has 0 aliphatic carbocycles. The molecule has 2 rings (SSSR count). The molecule has 0 aromatic heterocycles. The van der Waals surface area contributed by atoms with Gasteiger partial charge in [-0.05, 0) is 31.0 Å². The summed E-state index contributed by atoms with van der Waals surface area (Å²) in [4.78, 5) is 0. The lowest BCUT2D eigenvalue weighted by Crippen LogP contribution is -2.20. The summed E-state index contributed by atoms with van der Waals surface area (Å²) in [5, 5.41) is 3.08. The Morgan fingerprint density at radius 3 is 2.79 bits per heavy atom. The molecular weight excluding hydrogens is 242 g/mol. The number of likely N-dealkylation sites (N-methyl/N-ethyl adjacent to an activating group) is 1. The summed E-state index contributed by atoms with van der Waals surface area (Å²) in [5.41, 5.74) is 1.19. The molecule has 1 heterocycles. The van der Waals surface area contributed by atoms with Crippen LogP contribution in [0.25, 0.3) is 0 Å². The van der Waals surface area contributed by atoms with Gasteiger partial charge in [-0.2, -0.15) is 0 Å². The lowest BCUT2D eigenvalue weighted by atomic mass is 10.0. The van der Waals surface area contributed by atoms with Gasteiger partial charge in [-0.25, -0.2) is 0 Å². The summed E-state index contributed by atoms with van der Waals surface area (Å²) >= 11 is 0. The molecule has 106 valence electrons. The smallest absolute Gasteiger partial charge is 0.203 e. The van der Waals surface area contributed by atoms with E-state index in [1.165, 1.54) is 5.56 Å². The largest absolute Gasteiger partial charge is 0.488 e. The number of ether oxygens (including phenoxy) is 3. The first-order valence-corrected chi connectivity index (χ1v) is 6.91. The van der Waals surface area contributed by atoms with E-state index in [1.807, 2.05) is 13.1 Å². The highest BCUT2D eigenvalue weighted by molar-refractivity contribution is 5.56. The number of hydrogen-bond acceptors (Lipinski definition) is 4. The predicted molar refractivity (Wildman–Crippen MR) is 75.4 cm³/mol. The van der Waals surface area contributed by atoms with Gasteiger partial charge in [0.15, 0.2) is 11.5 Å². The first-order valence-electron chi connectivity index (χ1n) is 6.91. The van der Waals surface area contributed by atoms with Gasteiger partial charge in [0.25, 0.3) is 0 Å². The molecule has 0 fully saturated rings. The fourth-order valence-electron chi connectivity index (χ4n) is 2.15. The molecule has 4 nitrogen and oxygen atoms in total. The van der Waals surface area contributed by atoms with Crippen LogP contribution in [0.3, 0.4) is 0 Å². The molecule has 0 saturated heterocycles. The van der Waals surface area contributed by atoms with Crippen LogP contribution >= 0.6 is 0 Å². The van der Waals surface area contributed by atoms with E-state index < -0.39 is 0 Å². The van der Waals surface area contributed by atoms with Crippen molar-refractivity contribution in [2.24, 2.45) is 5.92 Å². The molecule has 0 radical (unpaired) electrons. The zero-order valence-corrected chi connectivity index (χ0v) is 12.0. The molecule has 1 aliphatic rings. The summed E-state index contributed by atoms with van der Waals surface area (Å²) in [6.07, 6.45) is 0.978. The molecule has 1 N–H and O–H groups in total. The molecular formula is C15H23NO3. The topological polar surface area (TPSA) is 39.7 Å². The zero-order valence-electron chi connectivity index (χ0n) is 12.0. The van der Waals surface area contributed by atoms with E-state index in [2.05, 4.69) is 25.2 Å². The van der Waals surface area contributed by atoms with Crippen LogP contribution in [0.15, 0.2) is 12.1 Å². The molecule has 4 heteroatoms. The van der Waals surface area contributed by atoms with Gasteiger partial charge in [0.05, 0.1) is 0 Å². The maximum atomic E-state index is 5.91. The molecule has 1 aromatic rings. The molecule has 0 bridgehead atoms. The van der Waals surface area contributed by atoms with Crippen LogP contribution in [-0.4, -0.2) is 33.4 Å². The van der Waals surface area contributed by atoms with Crippen molar-refractivity contribution in [2.45, 2.75) is 20.3 Å². The molecule has 0 saturated carbocycles. The Morgan fingerprint density at radius 1 is 1.26 bits per heavy atom. The van der Waals surface area contributed by atoms with Crippen molar-refractivity contribution in [1.29, 1.82) is 0 Å². The summed E-state index contributed by atoms with van der Waals surface area (Å²) < 4.78 is 17.3. The van der Waals surface area contributed by atoms with Gasteiger partial charge in [-0.15, -0.1) is 0 Å². The Bertz CT molecular complexity index is 418. The third-order valence-corrected chi connectivity index (χ3v) is 2.97. The van der Waals surface area contributed by atoms with Crippen LogP contribution < -0.4 is 19.5 Å². The standard InChI is InChI=1S/C15H23NO3/c1-11(2)10-12-4-5-13-15(19-9-8-17-13)14(12)18-7-6-16-3/h4-5,11,16H,6-10H2,1-3H3. The second-order valence-electron chi connectivity index (χ2n) is 5.13. The number of fused-ring (bicyclic) bond motifs is 1. The lowest BCUT2D eigenvalue weighted by molar-refractivity contribution is 0.161. The van der Waals surface area contributed by atoms with Crippen molar-refractivity contribution in [3.8, 4) is 17.2 Å². The maximum Gasteiger partial charge on any atom is 0.203 e. The van der Waals surface area contributed by atoms with Gasteiger partial charge in [0.1, 0.15) is 19.8 Å². The van der Waals surface area contributed by atoms with Crippen molar-refractivity contribution in [3.05, 3.63) is 17.7 Å². The first kappa shape index (κ1) is 14.0. The monoisotopic (exact) mass is 265 g/mol. The molecule has 0 unspecified atom stereocenters. The second-order valence-corrected chi connectivity index (χ2v) is 5.13. The van der Waals surface area contributed by atoms with Crippen molar-refractivity contribution in [2.75, 3.05) is 33.4 Å². The van der Waals surface area contributed by atoms with Crippen molar-refractivity contribution in [3.63, 3.8) is 0 Å². The Labute approximate surface area is 115 Å². The zero-order chi connectivity index (χ0) is 13.7. The van der Waals surface area contributed by atoms with Crippen molar-refractivity contribution >= 4 is 0 Å². The van der Waals surface area contributed by atoms with E-state index in [-0.39, 0.29) is 0 Å². The van der Waals surface area contributed by atoms with Crippen molar-refractivity contribution in [1.82, 2.24) is 5.32 Å². The molecule has 0 amide bonds. The highest BCUT2D eigenvalue weighted by Gasteiger charge is 2.21. The lowest BCUT2D eigenvalue weighted by Gasteiger charge is -2.23. The minimum Gasteiger partial charge on any atom is -0.488 e. The highest BCUT2D eigenvalue weighted by Crippen LogP contribution is 2.42. The number of benzene rings is 1. The minimum atomic E-state index is 0.578. The van der Waals surface area contributed by atoms with Gasteiger partial charge >= 0.3 is 0 Å².